The van der Waals surface area contributed by atoms with Crippen molar-refractivity contribution in [2.24, 2.45) is 0 Å². The lowest BCUT2D eigenvalue weighted by Gasteiger charge is -2.11. The van der Waals surface area contributed by atoms with Gasteiger partial charge in [0.25, 0.3) is 0 Å². The maximum atomic E-state index is 13.4. The van der Waals surface area contributed by atoms with E-state index in [1.807, 2.05) is 18.2 Å². The van der Waals surface area contributed by atoms with Crippen LogP contribution in [0.3, 0.4) is 0 Å². The lowest BCUT2D eigenvalue weighted by Crippen LogP contribution is -2.23. The molecule has 0 fully saturated rings. The van der Waals surface area contributed by atoms with Crippen molar-refractivity contribution >= 4 is 43.8 Å². The first-order valence-electron chi connectivity index (χ1n) is 9.80. The van der Waals surface area contributed by atoms with Crippen molar-refractivity contribution in [3.63, 3.8) is 0 Å². The van der Waals surface area contributed by atoms with E-state index in [0.29, 0.717) is 30.4 Å². The highest BCUT2D eigenvalue weighted by Gasteiger charge is 2.08. The number of nitrogens with zero attached hydrogens (tertiary/aromatic N) is 2. The molecular weight excluding hydrogens is 443 g/mol. The monoisotopic (exact) mass is 466 g/mol. The molecule has 0 bridgehead atoms. The molecule has 10 heteroatoms. The van der Waals surface area contributed by atoms with Crippen LogP contribution in [0.15, 0.2) is 42.7 Å². The second-order valence-corrected chi connectivity index (χ2v) is 9.76. The molecule has 0 spiro atoms. The van der Waals surface area contributed by atoms with Crippen LogP contribution in [-0.2, 0) is 9.84 Å². The molecule has 0 aliphatic rings. The minimum atomic E-state index is -2.93. The number of anilines is 2. The van der Waals surface area contributed by atoms with Gasteiger partial charge in [0, 0.05) is 23.9 Å². The zero-order valence-corrected chi connectivity index (χ0v) is 18.6. The number of sulfone groups is 1. The third kappa shape index (κ3) is 7.30. The molecule has 3 rings (SSSR count). The number of halogens is 2. The van der Waals surface area contributed by atoms with Gasteiger partial charge in [-0.3, -0.25) is 0 Å². The lowest BCUT2D eigenvalue weighted by atomic mass is 10.2. The Morgan fingerprint density at radius 3 is 2.71 bits per heavy atom. The van der Waals surface area contributed by atoms with Gasteiger partial charge in [0.15, 0.2) is 0 Å². The number of hydrogen-bond acceptors (Lipinski definition) is 7. The van der Waals surface area contributed by atoms with Gasteiger partial charge < -0.3 is 15.4 Å². The van der Waals surface area contributed by atoms with Crippen LogP contribution in [0.2, 0.25) is 5.02 Å². The van der Waals surface area contributed by atoms with Crippen molar-refractivity contribution in [3.8, 4) is 5.75 Å². The molecule has 31 heavy (non-hydrogen) atoms. The molecule has 0 amide bonds. The minimum Gasteiger partial charge on any atom is -0.494 e. The number of unbranched alkanes of at least 4 members (excludes halogenated alkanes) is 1. The van der Waals surface area contributed by atoms with E-state index in [-0.39, 0.29) is 10.8 Å². The second kappa shape index (κ2) is 10.7. The number of hydrogen-bond donors (Lipinski definition) is 2. The van der Waals surface area contributed by atoms with E-state index < -0.39 is 15.7 Å². The van der Waals surface area contributed by atoms with Crippen LogP contribution in [0.1, 0.15) is 12.8 Å². The van der Waals surface area contributed by atoms with E-state index in [1.54, 1.807) is 6.07 Å². The van der Waals surface area contributed by atoms with E-state index >= 15 is 0 Å². The molecule has 2 aromatic carbocycles. The molecule has 0 saturated carbocycles. The largest absolute Gasteiger partial charge is 0.494 e. The summed E-state index contributed by atoms with van der Waals surface area (Å²) in [5, 5.41) is 7.04. The summed E-state index contributed by atoms with van der Waals surface area (Å²) in [5.41, 5.74) is 1.36. The number of fused-ring (bicyclic) bond motifs is 1. The van der Waals surface area contributed by atoms with Crippen molar-refractivity contribution in [1.82, 2.24) is 15.3 Å². The van der Waals surface area contributed by atoms with Crippen LogP contribution in [0.25, 0.3) is 10.9 Å². The van der Waals surface area contributed by atoms with Crippen LogP contribution >= 0.6 is 11.6 Å². The summed E-state index contributed by atoms with van der Waals surface area (Å²) in [4.78, 5) is 8.55. The van der Waals surface area contributed by atoms with Gasteiger partial charge in [-0.2, -0.15) is 0 Å². The van der Waals surface area contributed by atoms with Gasteiger partial charge in [0.05, 0.1) is 22.9 Å². The van der Waals surface area contributed by atoms with Gasteiger partial charge >= 0.3 is 0 Å². The fourth-order valence-electron chi connectivity index (χ4n) is 2.86. The Labute approximate surface area is 185 Å². The third-order valence-corrected chi connectivity index (χ3v) is 5.69. The summed E-state index contributed by atoms with van der Waals surface area (Å²) in [5.74, 6) is 0.908. The maximum absolute atomic E-state index is 13.4. The summed E-state index contributed by atoms with van der Waals surface area (Å²) in [6.07, 6.45) is 4.38. The van der Waals surface area contributed by atoms with Gasteiger partial charge in [0.2, 0.25) is 0 Å². The minimum absolute atomic E-state index is 0.0261. The smallest absolute Gasteiger partial charge is 0.148 e. The molecule has 0 saturated heterocycles. The average molecular weight is 467 g/mol. The second-order valence-electron chi connectivity index (χ2n) is 7.09. The molecule has 166 valence electrons. The van der Waals surface area contributed by atoms with E-state index in [2.05, 4.69) is 20.6 Å². The van der Waals surface area contributed by atoms with Crippen LogP contribution in [0, 0.1) is 5.82 Å². The maximum Gasteiger partial charge on any atom is 0.148 e. The standard InChI is InChI=1S/C21H24ClFN4O3S/c1-31(28,29)11-9-24-8-2-3-10-30-16-5-7-20-17(13-16)21(26-14-25-20)27-15-4-6-19(23)18(22)12-15/h4-7,12-14,24H,2-3,8-11H2,1H3,(H,25,26,27). The number of aromatic nitrogens is 2. The highest BCUT2D eigenvalue weighted by molar-refractivity contribution is 7.90. The zero-order chi connectivity index (χ0) is 22.3. The molecule has 0 atom stereocenters. The molecule has 3 aromatic rings. The Morgan fingerprint density at radius 2 is 1.94 bits per heavy atom. The summed E-state index contributed by atoms with van der Waals surface area (Å²) in [7, 11) is -2.93. The van der Waals surface area contributed by atoms with E-state index in [0.717, 1.165) is 30.3 Å². The summed E-state index contributed by atoms with van der Waals surface area (Å²) < 4.78 is 41.4. The highest BCUT2D eigenvalue weighted by atomic mass is 35.5. The molecule has 0 aliphatic heterocycles. The summed E-state index contributed by atoms with van der Waals surface area (Å²) in [6, 6.07) is 9.92. The predicted molar refractivity (Wildman–Crippen MR) is 122 cm³/mol. The summed E-state index contributed by atoms with van der Waals surface area (Å²) >= 11 is 5.86. The van der Waals surface area contributed by atoms with Crippen molar-refractivity contribution in [2.75, 3.05) is 37.0 Å². The van der Waals surface area contributed by atoms with Crippen molar-refractivity contribution in [1.29, 1.82) is 0 Å². The molecule has 1 aromatic heterocycles. The van der Waals surface area contributed by atoms with Gasteiger partial charge in [-0.1, -0.05) is 11.6 Å². The quantitative estimate of drug-likeness (QED) is 0.413. The van der Waals surface area contributed by atoms with Gasteiger partial charge in [-0.05, 0) is 55.8 Å². The van der Waals surface area contributed by atoms with Crippen LogP contribution in [0.5, 0.6) is 5.75 Å². The average Bonchev–Trinajstić information content (AvgIpc) is 2.72. The molecule has 0 radical (unpaired) electrons. The van der Waals surface area contributed by atoms with Crippen molar-refractivity contribution in [2.45, 2.75) is 12.8 Å². The van der Waals surface area contributed by atoms with Crippen LogP contribution in [-0.4, -0.2) is 50.1 Å². The van der Waals surface area contributed by atoms with Crippen LogP contribution < -0.4 is 15.4 Å². The third-order valence-electron chi connectivity index (χ3n) is 4.46. The normalized spacial score (nSPS) is 11.6. The molecule has 0 aliphatic carbocycles. The molecule has 7 nitrogen and oxygen atoms in total. The number of benzene rings is 2. The Kier molecular flexibility index (Phi) is 8.00. The predicted octanol–water partition coefficient (Wildman–Crippen LogP) is 3.96. The van der Waals surface area contributed by atoms with E-state index in [4.69, 9.17) is 16.3 Å². The van der Waals surface area contributed by atoms with Gasteiger partial charge in [-0.15, -0.1) is 0 Å². The first-order valence-corrected chi connectivity index (χ1v) is 12.2. The molecule has 0 unspecified atom stereocenters. The van der Waals surface area contributed by atoms with Crippen molar-refractivity contribution in [3.05, 3.63) is 53.6 Å². The topological polar surface area (TPSA) is 93.2 Å². The first-order chi connectivity index (χ1) is 14.8. The van der Waals surface area contributed by atoms with Crippen molar-refractivity contribution < 1.29 is 17.5 Å². The van der Waals surface area contributed by atoms with E-state index in [1.165, 1.54) is 24.7 Å². The lowest BCUT2D eigenvalue weighted by molar-refractivity contribution is 0.306. The fraction of sp³-hybridized carbons (Fsp3) is 0.333. The SMILES string of the molecule is CS(=O)(=O)CCNCCCCOc1ccc2ncnc(Nc3ccc(F)c(Cl)c3)c2c1. The number of nitrogens with one attached hydrogen (secondary N) is 2. The Hall–Kier alpha value is -2.49. The van der Waals surface area contributed by atoms with E-state index in [9.17, 15) is 12.8 Å². The highest BCUT2D eigenvalue weighted by Crippen LogP contribution is 2.28. The van der Waals surface area contributed by atoms with Gasteiger partial charge in [-0.25, -0.2) is 22.8 Å². The fourth-order valence-corrected chi connectivity index (χ4v) is 3.56. The molecular formula is C21H24ClFN4O3S. The molecule has 2 N–H and O–H groups in total. The van der Waals surface area contributed by atoms with Gasteiger partial charge in [0.1, 0.15) is 33.5 Å². The Balaban J connectivity index is 1.55. The van der Waals surface area contributed by atoms with Crippen LogP contribution in [0.4, 0.5) is 15.9 Å². The Bertz CT molecular complexity index is 1140. The first kappa shape index (κ1) is 23.2. The number of ether oxygens (including phenoxy) is 1. The Morgan fingerprint density at radius 1 is 1.10 bits per heavy atom. The molecule has 1 heterocycles. The number of rotatable bonds is 11. The summed E-state index contributed by atoms with van der Waals surface area (Å²) in [6.45, 7) is 1.72. The zero-order valence-electron chi connectivity index (χ0n) is 17.1.